The number of anilines is 1. The molecule has 0 radical (unpaired) electrons. The maximum absolute atomic E-state index is 11.5. The molecule has 10 heteroatoms. The van der Waals surface area contributed by atoms with E-state index in [9.17, 15) is 13.5 Å². The molecule has 0 spiro atoms. The van der Waals surface area contributed by atoms with Crippen LogP contribution in [0, 0.1) is 0 Å². The van der Waals surface area contributed by atoms with E-state index in [0.717, 1.165) is 38.0 Å². The molecule has 0 saturated carbocycles. The van der Waals surface area contributed by atoms with E-state index in [1.807, 2.05) is 19.1 Å². The van der Waals surface area contributed by atoms with Crippen LogP contribution in [0.25, 0.3) is 11.1 Å². The highest BCUT2D eigenvalue weighted by atomic mass is 32.2. The normalized spacial score (nSPS) is 15.9. The molecule has 31 heavy (non-hydrogen) atoms. The Morgan fingerprint density at radius 2 is 2.03 bits per heavy atom. The number of primary sulfonamides is 1. The molecule has 0 unspecified atom stereocenters. The summed E-state index contributed by atoms with van der Waals surface area (Å²) in [7, 11) is -3.78. The van der Waals surface area contributed by atoms with Crippen LogP contribution in [0.2, 0.25) is 0 Å². The molecule has 1 aliphatic rings. The minimum absolute atomic E-state index is 0.00915. The molecule has 1 saturated heterocycles. The van der Waals surface area contributed by atoms with Crippen LogP contribution in [0.1, 0.15) is 25.3 Å². The Morgan fingerprint density at radius 3 is 2.74 bits per heavy atom. The number of aromatic nitrogens is 1. The molecule has 3 aromatic rings. The average molecular weight is 447 g/mol. The zero-order valence-corrected chi connectivity index (χ0v) is 18.1. The number of benzene rings is 2. The summed E-state index contributed by atoms with van der Waals surface area (Å²) >= 11 is 0. The van der Waals surface area contributed by atoms with Gasteiger partial charge in [0, 0.05) is 25.7 Å². The van der Waals surface area contributed by atoms with Crippen LogP contribution in [-0.2, 0) is 16.6 Å². The number of oxazole rings is 1. The van der Waals surface area contributed by atoms with Crippen molar-refractivity contribution in [1.82, 2.24) is 9.88 Å². The van der Waals surface area contributed by atoms with Crippen molar-refractivity contribution in [2.24, 2.45) is 5.14 Å². The molecule has 4 N–H and O–H groups in total. The molecule has 1 aliphatic heterocycles. The van der Waals surface area contributed by atoms with Gasteiger partial charge in [0.1, 0.15) is 5.52 Å². The highest BCUT2D eigenvalue weighted by molar-refractivity contribution is 7.89. The number of aromatic hydroxyl groups is 1. The van der Waals surface area contributed by atoms with E-state index in [0.29, 0.717) is 29.5 Å². The summed E-state index contributed by atoms with van der Waals surface area (Å²) < 4.78 is 34.2. The molecule has 166 valence electrons. The van der Waals surface area contributed by atoms with Crippen LogP contribution in [0.5, 0.6) is 11.5 Å². The fourth-order valence-electron chi connectivity index (χ4n) is 3.74. The Hall–Kier alpha value is -2.82. The quantitative estimate of drug-likeness (QED) is 0.505. The van der Waals surface area contributed by atoms with E-state index in [1.165, 1.54) is 12.1 Å². The number of rotatable bonds is 7. The first-order chi connectivity index (χ1) is 14.8. The molecule has 2 aromatic carbocycles. The summed E-state index contributed by atoms with van der Waals surface area (Å²) in [6.07, 6.45) is 1.83. The lowest BCUT2D eigenvalue weighted by atomic mass is 10.0. The maximum atomic E-state index is 11.5. The summed E-state index contributed by atoms with van der Waals surface area (Å²) in [5.41, 5.74) is 2.05. The molecular formula is C21H26N4O5S. The number of likely N-dealkylation sites (tertiary alicyclic amines) is 1. The number of ether oxygens (including phenoxy) is 1. The molecular weight excluding hydrogens is 420 g/mol. The Labute approximate surface area is 180 Å². The van der Waals surface area contributed by atoms with Crippen molar-refractivity contribution >= 4 is 27.1 Å². The van der Waals surface area contributed by atoms with Crippen molar-refractivity contribution < 1.29 is 22.7 Å². The number of nitrogens with one attached hydrogen (secondary N) is 1. The number of hydrogen-bond acceptors (Lipinski definition) is 8. The second-order valence-corrected chi connectivity index (χ2v) is 9.18. The lowest BCUT2D eigenvalue weighted by Gasteiger charge is -2.32. The Kier molecular flexibility index (Phi) is 6.03. The molecule has 1 aromatic heterocycles. The van der Waals surface area contributed by atoms with Gasteiger partial charge in [0.05, 0.1) is 11.5 Å². The van der Waals surface area contributed by atoms with Gasteiger partial charge in [-0.25, -0.2) is 13.6 Å². The third-order valence-corrected chi connectivity index (χ3v) is 6.24. The van der Waals surface area contributed by atoms with Crippen LogP contribution >= 0.6 is 0 Å². The number of hydrogen-bond donors (Lipinski definition) is 3. The Bertz CT molecular complexity index is 1170. The number of nitrogens with two attached hydrogens (primary N) is 1. The molecule has 9 nitrogen and oxygen atoms in total. The lowest BCUT2D eigenvalue weighted by Crippen LogP contribution is -2.38. The van der Waals surface area contributed by atoms with Crippen LogP contribution in [0.15, 0.2) is 45.7 Å². The zero-order chi connectivity index (χ0) is 22.0. The highest BCUT2D eigenvalue weighted by Gasteiger charge is 2.21. The van der Waals surface area contributed by atoms with Crippen molar-refractivity contribution in [3.8, 4) is 11.5 Å². The van der Waals surface area contributed by atoms with Crippen molar-refractivity contribution in [2.45, 2.75) is 37.2 Å². The number of piperidine rings is 1. The lowest BCUT2D eigenvalue weighted by molar-refractivity contribution is 0.210. The van der Waals surface area contributed by atoms with Crippen molar-refractivity contribution in [3.63, 3.8) is 0 Å². The minimum Gasteiger partial charge on any atom is -0.504 e. The molecule has 0 amide bonds. The number of sulfonamides is 1. The largest absolute Gasteiger partial charge is 0.504 e. The third-order valence-electron chi connectivity index (χ3n) is 5.33. The van der Waals surface area contributed by atoms with E-state index >= 15 is 0 Å². The van der Waals surface area contributed by atoms with E-state index in [4.69, 9.17) is 14.3 Å². The maximum Gasteiger partial charge on any atom is 0.295 e. The fourth-order valence-corrected chi connectivity index (χ4v) is 4.28. The molecule has 2 heterocycles. The van der Waals surface area contributed by atoms with Gasteiger partial charge in [0.15, 0.2) is 17.1 Å². The first-order valence-electron chi connectivity index (χ1n) is 10.2. The van der Waals surface area contributed by atoms with E-state index in [1.54, 1.807) is 12.1 Å². The van der Waals surface area contributed by atoms with Crippen molar-refractivity contribution in [2.75, 3.05) is 25.0 Å². The molecule has 1 fully saturated rings. The summed E-state index contributed by atoms with van der Waals surface area (Å²) in [6.45, 7) is 4.98. The molecule has 4 rings (SSSR count). The van der Waals surface area contributed by atoms with Gasteiger partial charge in [0.25, 0.3) is 6.01 Å². The standard InChI is InChI=1S/C21H26N4O5S/c1-2-29-20-11-14(3-5-18(20)26)13-25-9-7-15(8-10-25)23-21-24-17-12-16(31(22,27)28)4-6-19(17)30-21/h3-6,11-12,15,26H,2,7-10,13H2,1H3,(H,23,24)(H2,22,27,28). The highest BCUT2D eigenvalue weighted by Crippen LogP contribution is 2.28. The van der Waals surface area contributed by atoms with Gasteiger partial charge in [-0.05, 0) is 55.7 Å². The summed E-state index contributed by atoms with van der Waals surface area (Å²) in [5.74, 6) is 0.668. The second kappa shape index (κ2) is 8.74. The number of phenolic OH excluding ortho intramolecular Hbond substituents is 1. The van der Waals surface area contributed by atoms with E-state index in [-0.39, 0.29) is 16.7 Å². The first-order valence-corrected chi connectivity index (χ1v) is 11.7. The first kappa shape index (κ1) is 21.4. The summed E-state index contributed by atoms with van der Waals surface area (Å²) in [6, 6.07) is 10.4. The summed E-state index contributed by atoms with van der Waals surface area (Å²) in [4.78, 5) is 6.72. The number of nitrogens with zero attached hydrogens (tertiary/aromatic N) is 2. The van der Waals surface area contributed by atoms with Gasteiger partial charge in [-0.2, -0.15) is 4.98 Å². The second-order valence-electron chi connectivity index (χ2n) is 7.62. The van der Waals surface area contributed by atoms with Crippen LogP contribution in [0.4, 0.5) is 6.01 Å². The summed E-state index contributed by atoms with van der Waals surface area (Å²) in [5, 5.41) is 18.3. The van der Waals surface area contributed by atoms with Crippen LogP contribution in [0.3, 0.4) is 0 Å². The third kappa shape index (κ3) is 5.09. The molecule has 0 bridgehead atoms. The van der Waals surface area contributed by atoms with E-state index < -0.39 is 10.0 Å². The molecule has 0 aliphatic carbocycles. The van der Waals surface area contributed by atoms with Gasteiger partial charge in [0.2, 0.25) is 10.0 Å². The van der Waals surface area contributed by atoms with Crippen molar-refractivity contribution in [3.05, 3.63) is 42.0 Å². The van der Waals surface area contributed by atoms with Crippen molar-refractivity contribution in [1.29, 1.82) is 0 Å². The number of fused-ring (bicyclic) bond motifs is 1. The SMILES string of the molecule is CCOc1cc(CN2CCC(Nc3nc4cc(S(N)(=O)=O)ccc4o3)CC2)ccc1O. The fraction of sp³-hybridized carbons (Fsp3) is 0.381. The zero-order valence-electron chi connectivity index (χ0n) is 17.2. The Morgan fingerprint density at radius 1 is 1.26 bits per heavy atom. The van der Waals surface area contributed by atoms with Crippen LogP contribution < -0.4 is 15.2 Å². The monoisotopic (exact) mass is 446 g/mol. The predicted molar refractivity (Wildman–Crippen MR) is 117 cm³/mol. The van der Waals surface area contributed by atoms with Gasteiger partial charge in [-0.15, -0.1) is 0 Å². The topological polar surface area (TPSA) is 131 Å². The van der Waals surface area contributed by atoms with E-state index in [2.05, 4.69) is 15.2 Å². The van der Waals surface area contributed by atoms with Gasteiger partial charge in [-0.3, -0.25) is 4.90 Å². The Balaban J connectivity index is 1.34. The van der Waals surface area contributed by atoms with Gasteiger partial charge in [-0.1, -0.05) is 6.07 Å². The van der Waals surface area contributed by atoms with Gasteiger partial charge >= 0.3 is 0 Å². The minimum atomic E-state index is -3.78. The molecule has 0 atom stereocenters. The smallest absolute Gasteiger partial charge is 0.295 e. The van der Waals surface area contributed by atoms with Gasteiger partial charge < -0.3 is 19.6 Å². The number of phenols is 1. The van der Waals surface area contributed by atoms with Crippen LogP contribution in [-0.4, -0.2) is 49.1 Å². The average Bonchev–Trinajstić information content (AvgIpc) is 3.13. The predicted octanol–water partition coefficient (Wildman–Crippen LogP) is 2.66.